The molecule has 0 radical (unpaired) electrons. The topological polar surface area (TPSA) is 74.8 Å². The molecule has 1 heterocycles. The minimum absolute atomic E-state index is 0.282. The van der Waals surface area contributed by atoms with E-state index in [9.17, 15) is 8.42 Å². The van der Waals surface area contributed by atoms with Crippen LogP contribution in [0.1, 0.15) is 30.7 Å². The standard InChI is InChI=1S/C10H16BrN3O2S/c1-7-9(8(2)13-12-7)17(15,16)14-10(6-11)4-3-5-10/h14H,3-6H2,1-2H3,(H,12,13). The molecule has 1 aliphatic rings. The Bertz CT molecular complexity index is 495. The molecule has 1 aliphatic carbocycles. The van der Waals surface area contributed by atoms with Crippen molar-refractivity contribution in [3.8, 4) is 0 Å². The number of alkyl halides is 1. The highest BCUT2D eigenvalue weighted by Gasteiger charge is 2.40. The molecule has 0 unspecified atom stereocenters. The summed E-state index contributed by atoms with van der Waals surface area (Å²) in [5.41, 5.74) is 0.785. The lowest BCUT2D eigenvalue weighted by Crippen LogP contribution is -2.54. The smallest absolute Gasteiger partial charge is 0.244 e. The van der Waals surface area contributed by atoms with E-state index in [0.717, 1.165) is 19.3 Å². The third-order valence-electron chi connectivity index (χ3n) is 3.25. The van der Waals surface area contributed by atoms with Crippen molar-refractivity contribution in [2.24, 2.45) is 0 Å². The highest BCUT2D eigenvalue weighted by atomic mass is 79.9. The molecule has 1 aromatic heterocycles. The van der Waals surface area contributed by atoms with Crippen LogP contribution in [0, 0.1) is 13.8 Å². The fraction of sp³-hybridized carbons (Fsp3) is 0.700. The Morgan fingerprint density at radius 3 is 2.47 bits per heavy atom. The Morgan fingerprint density at radius 2 is 2.12 bits per heavy atom. The van der Waals surface area contributed by atoms with E-state index >= 15 is 0 Å². The van der Waals surface area contributed by atoms with E-state index in [2.05, 4.69) is 30.8 Å². The molecule has 0 aromatic carbocycles. The van der Waals surface area contributed by atoms with Gasteiger partial charge in [0, 0.05) is 10.9 Å². The number of nitrogens with one attached hydrogen (secondary N) is 2. The van der Waals surface area contributed by atoms with Gasteiger partial charge in [-0.15, -0.1) is 0 Å². The minimum Gasteiger partial charge on any atom is -0.281 e. The van der Waals surface area contributed by atoms with Gasteiger partial charge >= 0.3 is 0 Å². The summed E-state index contributed by atoms with van der Waals surface area (Å²) in [5, 5.41) is 7.28. The molecule has 1 saturated carbocycles. The van der Waals surface area contributed by atoms with E-state index < -0.39 is 10.0 Å². The van der Waals surface area contributed by atoms with E-state index in [4.69, 9.17) is 0 Å². The van der Waals surface area contributed by atoms with E-state index in [1.165, 1.54) is 0 Å². The second-order valence-electron chi connectivity index (χ2n) is 4.64. The van der Waals surface area contributed by atoms with Crippen LogP contribution >= 0.6 is 15.9 Å². The summed E-state index contributed by atoms with van der Waals surface area (Å²) in [4.78, 5) is 0.282. The van der Waals surface area contributed by atoms with Crippen molar-refractivity contribution in [1.29, 1.82) is 0 Å². The number of aromatic nitrogens is 2. The molecule has 1 aromatic rings. The highest BCUT2D eigenvalue weighted by Crippen LogP contribution is 2.35. The zero-order chi connectivity index (χ0) is 12.7. The van der Waals surface area contributed by atoms with E-state index in [-0.39, 0.29) is 10.4 Å². The van der Waals surface area contributed by atoms with Crippen LogP contribution in [-0.4, -0.2) is 29.5 Å². The van der Waals surface area contributed by atoms with Crippen LogP contribution < -0.4 is 4.72 Å². The Morgan fingerprint density at radius 1 is 1.47 bits per heavy atom. The Hall–Kier alpha value is -0.400. The molecule has 17 heavy (non-hydrogen) atoms. The molecule has 0 aliphatic heterocycles. The number of nitrogens with zero attached hydrogens (tertiary/aromatic N) is 1. The zero-order valence-electron chi connectivity index (χ0n) is 9.88. The molecule has 0 spiro atoms. The van der Waals surface area contributed by atoms with Crippen molar-refractivity contribution in [2.45, 2.75) is 43.5 Å². The van der Waals surface area contributed by atoms with Crippen LogP contribution in [0.25, 0.3) is 0 Å². The van der Waals surface area contributed by atoms with Crippen molar-refractivity contribution >= 4 is 26.0 Å². The maximum absolute atomic E-state index is 12.3. The van der Waals surface area contributed by atoms with Gasteiger partial charge in [-0.05, 0) is 33.1 Å². The molecule has 0 bridgehead atoms. The fourth-order valence-electron chi connectivity index (χ4n) is 2.14. The molecule has 1 fully saturated rings. The van der Waals surface area contributed by atoms with Crippen molar-refractivity contribution in [3.05, 3.63) is 11.4 Å². The van der Waals surface area contributed by atoms with Gasteiger partial charge in [-0.1, -0.05) is 15.9 Å². The lowest BCUT2D eigenvalue weighted by atomic mass is 9.80. The zero-order valence-corrected chi connectivity index (χ0v) is 12.3. The molecule has 0 saturated heterocycles. The van der Waals surface area contributed by atoms with Crippen LogP contribution in [0.4, 0.5) is 0 Å². The van der Waals surface area contributed by atoms with Crippen molar-refractivity contribution < 1.29 is 8.42 Å². The van der Waals surface area contributed by atoms with Crippen LogP contribution in [0.5, 0.6) is 0 Å². The Balaban J connectivity index is 2.31. The van der Waals surface area contributed by atoms with Crippen molar-refractivity contribution in [2.75, 3.05) is 5.33 Å². The van der Waals surface area contributed by atoms with Gasteiger partial charge in [0.1, 0.15) is 4.90 Å². The molecule has 7 heteroatoms. The third kappa shape index (κ3) is 2.28. The first-order valence-electron chi connectivity index (χ1n) is 5.52. The van der Waals surface area contributed by atoms with Gasteiger partial charge < -0.3 is 0 Å². The molecule has 0 amide bonds. The normalized spacial score (nSPS) is 19.0. The number of sulfonamides is 1. The molecule has 2 rings (SSSR count). The summed E-state index contributed by atoms with van der Waals surface area (Å²) in [6.45, 7) is 3.41. The molecular formula is C10H16BrN3O2S. The number of halogens is 1. The lowest BCUT2D eigenvalue weighted by Gasteiger charge is -2.40. The van der Waals surface area contributed by atoms with Gasteiger partial charge in [0.05, 0.1) is 11.4 Å². The summed E-state index contributed by atoms with van der Waals surface area (Å²) in [5.74, 6) is 0. The minimum atomic E-state index is -3.48. The lowest BCUT2D eigenvalue weighted by molar-refractivity contribution is 0.256. The van der Waals surface area contributed by atoms with Gasteiger partial charge in [-0.3, -0.25) is 5.10 Å². The molecule has 0 atom stereocenters. The maximum atomic E-state index is 12.3. The van der Waals surface area contributed by atoms with E-state index in [1.807, 2.05) is 0 Å². The summed E-state index contributed by atoms with van der Waals surface area (Å²) >= 11 is 3.39. The number of H-pyrrole nitrogens is 1. The molecule has 5 nitrogen and oxygen atoms in total. The predicted octanol–water partition coefficient (Wildman–Crippen LogP) is 1.62. The van der Waals surface area contributed by atoms with E-state index in [0.29, 0.717) is 16.7 Å². The number of aryl methyl sites for hydroxylation is 2. The summed E-state index contributed by atoms with van der Waals surface area (Å²) in [6, 6.07) is 0. The van der Waals surface area contributed by atoms with Gasteiger partial charge in [0.25, 0.3) is 0 Å². The molecule has 2 N–H and O–H groups in total. The van der Waals surface area contributed by atoms with Gasteiger partial charge in [0.15, 0.2) is 0 Å². The second kappa shape index (κ2) is 4.37. The van der Waals surface area contributed by atoms with Crippen LogP contribution in [0.15, 0.2) is 4.90 Å². The fourth-order valence-corrected chi connectivity index (χ4v) is 4.86. The number of aromatic amines is 1. The average molecular weight is 322 g/mol. The molecule has 96 valence electrons. The van der Waals surface area contributed by atoms with Crippen molar-refractivity contribution in [1.82, 2.24) is 14.9 Å². The van der Waals surface area contributed by atoms with Gasteiger partial charge in [-0.2, -0.15) is 5.10 Å². The van der Waals surface area contributed by atoms with Crippen molar-refractivity contribution in [3.63, 3.8) is 0 Å². The summed E-state index contributed by atoms with van der Waals surface area (Å²) in [6.07, 6.45) is 2.83. The first-order valence-corrected chi connectivity index (χ1v) is 8.12. The highest BCUT2D eigenvalue weighted by molar-refractivity contribution is 9.09. The number of hydrogen-bond donors (Lipinski definition) is 2. The molecular weight excluding hydrogens is 306 g/mol. The summed E-state index contributed by atoms with van der Waals surface area (Å²) < 4.78 is 27.4. The SMILES string of the molecule is Cc1n[nH]c(C)c1S(=O)(=O)NC1(CBr)CCC1. The number of rotatable bonds is 4. The number of hydrogen-bond acceptors (Lipinski definition) is 3. The van der Waals surface area contributed by atoms with Gasteiger partial charge in [0.2, 0.25) is 10.0 Å². The quantitative estimate of drug-likeness (QED) is 0.827. The van der Waals surface area contributed by atoms with Crippen LogP contribution in [-0.2, 0) is 10.0 Å². The van der Waals surface area contributed by atoms with E-state index in [1.54, 1.807) is 13.8 Å². The third-order valence-corrected chi connectivity index (χ3v) is 6.16. The maximum Gasteiger partial charge on any atom is 0.244 e. The second-order valence-corrected chi connectivity index (χ2v) is 6.82. The van der Waals surface area contributed by atoms with Crippen LogP contribution in [0.2, 0.25) is 0 Å². The monoisotopic (exact) mass is 321 g/mol. The average Bonchev–Trinajstić information content (AvgIpc) is 2.53. The first-order chi connectivity index (χ1) is 7.90. The van der Waals surface area contributed by atoms with Gasteiger partial charge in [-0.25, -0.2) is 13.1 Å². The summed E-state index contributed by atoms with van der Waals surface area (Å²) in [7, 11) is -3.48. The largest absolute Gasteiger partial charge is 0.281 e. The van der Waals surface area contributed by atoms with Crippen LogP contribution in [0.3, 0.4) is 0 Å². The first kappa shape index (κ1) is 13.0. The predicted molar refractivity (Wildman–Crippen MR) is 68.8 cm³/mol. The Kier molecular flexibility index (Phi) is 3.35. The Labute approximate surface area is 110 Å².